The maximum absolute atomic E-state index is 2.48. The largest absolute Gasteiger partial charge is 0.0848 e. The van der Waals surface area contributed by atoms with Crippen molar-refractivity contribution < 1.29 is 0 Å². The molecule has 0 aliphatic heterocycles. The molecule has 1 saturated carbocycles. The molecule has 0 N–H and O–H groups in total. The van der Waals surface area contributed by atoms with Gasteiger partial charge in [0.05, 0.1) is 0 Å². The van der Waals surface area contributed by atoms with E-state index in [1.54, 1.807) is 5.56 Å². The van der Waals surface area contributed by atoms with Crippen LogP contribution in [0.4, 0.5) is 0 Å². The fraction of sp³-hybridized carbons (Fsp3) is 0.652. The van der Waals surface area contributed by atoms with Crippen molar-refractivity contribution in [3.63, 3.8) is 0 Å². The molecule has 2 atom stereocenters. The molecule has 0 bridgehead atoms. The van der Waals surface area contributed by atoms with Gasteiger partial charge in [-0.25, -0.2) is 0 Å². The van der Waals surface area contributed by atoms with Crippen LogP contribution in [-0.4, -0.2) is 0 Å². The van der Waals surface area contributed by atoms with Crippen LogP contribution in [0.2, 0.25) is 0 Å². The summed E-state index contributed by atoms with van der Waals surface area (Å²) in [5.41, 5.74) is 3.12. The topological polar surface area (TPSA) is 0 Å². The molecule has 0 amide bonds. The van der Waals surface area contributed by atoms with Crippen molar-refractivity contribution in [2.75, 3.05) is 0 Å². The van der Waals surface area contributed by atoms with E-state index in [-0.39, 0.29) is 0 Å². The third-order valence-electron chi connectivity index (χ3n) is 6.38. The van der Waals surface area contributed by atoms with E-state index in [2.05, 4.69) is 50.3 Å². The SMILES string of the molecule is CCCC1C=CC(c2ccc(C3CCC(CC)CC3)cc2)CC1. The predicted octanol–water partition coefficient (Wildman–Crippen LogP) is 7.22. The molecule has 0 saturated heterocycles. The average molecular weight is 311 g/mol. The Morgan fingerprint density at radius 1 is 0.783 bits per heavy atom. The third kappa shape index (κ3) is 4.28. The summed E-state index contributed by atoms with van der Waals surface area (Å²) in [6.45, 7) is 4.65. The average Bonchev–Trinajstić information content (AvgIpc) is 2.63. The van der Waals surface area contributed by atoms with Crippen molar-refractivity contribution in [1.82, 2.24) is 0 Å². The molecule has 3 rings (SSSR count). The predicted molar refractivity (Wildman–Crippen MR) is 101 cm³/mol. The molecule has 0 radical (unpaired) electrons. The maximum Gasteiger partial charge on any atom is 0.00182 e. The lowest BCUT2D eigenvalue weighted by molar-refractivity contribution is 0.319. The van der Waals surface area contributed by atoms with Crippen LogP contribution in [0.15, 0.2) is 36.4 Å². The minimum absolute atomic E-state index is 0.660. The smallest absolute Gasteiger partial charge is 0.00182 e. The minimum Gasteiger partial charge on any atom is -0.0848 e. The first-order chi connectivity index (χ1) is 11.3. The van der Waals surface area contributed by atoms with Gasteiger partial charge in [-0.3, -0.25) is 0 Å². The Balaban J connectivity index is 1.58. The molecular formula is C23H34. The fourth-order valence-electron chi connectivity index (χ4n) is 4.69. The maximum atomic E-state index is 2.48. The van der Waals surface area contributed by atoms with E-state index < -0.39 is 0 Å². The molecule has 2 aliphatic rings. The zero-order valence-electron chi connectivity index (χ0n) is 15.1. The number of rotatable bonds is 5. The van der Waals surface area contributed by atoms with Gasteiger partial charge in [-0.15, -0.1) is 0 Å². The first kappa shape index (κ1) is 16.8. The van der Waals surface area contributed by atoms with E-state index in [4.69, 9.17) is 0 Å². The van der Waals surface area contributed by atoms with Gasteiger partial charge in [-0.1, -0.05) is 63.1 Å². The van der Waals surface area contributed by atoms with E-state index in [0.717, 1.165) is 17.8 Å². The molecule has 1 fully saturated rings. The second kappa shape index (κ2) is 8.18. The van der Waals surface area contributed by atoms with Crippen LogP contribution in [0.5, 0.6) is 0 Å². The highest BCUT2D eigenvalue weighted by atomic mass is 14.3. The highest BCUT2D eigenvalue weighted by molar-refractivity contribution is 5.31. The number of hydrogen-bond acceptors (Lipinski definition) is 0. The Morgan fingerprint density at radius 2 is 1.48 bits per heavy atom. The fourth-order valence-corrected chi connectivity index (χ4v) is 4.69. The van der Waals surface area contributed by atoms with Gasteiger partial charge in [0.1, 0.15) is 0 Å². The van der Waals surface area contributed by atoms with Gasteiger partial charge in [-0.2, -0.15) is 0 Å². The molecule has 0 aromatic heterocycles. The van der Waals surface area contributed by atoms with E-state index in [1.165, 1.54) is 63.4 Å². The Hall–Kier alpha value is -1.04. The Morgan fingerprint density at radius 3 is 2.04 bits per heavy atom. The lowest BCUT2D eigenvalue weighted by Gasteiger charge is -2.28. The van der Waals surface area contributed by atoms with Crippen molar-refractivity contribution in [1.29, 1.82) is 0 Å². The Kier molecular flexibility index (Phi) is 5.97. The zero-order valence-corrected chi connectivity index (χ0v) is 15.1. The summed E-state index contributed by atoms with van der Waals surface area (Å²) >= 11 is 0. The molecule has 23 heavy (non-hydrogen) atoms. The van der Waals surface area contributed by atoms with E-state index >= 15 is 0 Å². The van der Waals surface area contributed by atoms with Crippen LogP contribution < -0.4 is 0 Å². The van der Waals surface area contributed by atoms with Gasteiger partial charge in [0.25, 0.3) is 0 Å². The molecule has 0 heteroatoms. The second-order valence-corrected chi connectivity index (χ2v) is 7.91. The lowest BCUT2D eigenvalue weighted by atomic mass is 9.77. The highest BCUT2D eigenvalue weighted by Gasteiger charge is 2.22. The van der Waals surface area contributed by atoms with Crippen molar-refractivity contribution in [3.8, 4) is 0 Å². The van der Waals surface area contributed by atoms with Crippen LogP contribution in [-0.2, 0) is 0 Å². The van der Waals surface area contributed by atoms with Gasteiger partial charge in [0.2, 0.25) is 0 Å². The quantitative estimate of drug-likeness (QED) is 0.503. The van der Waals surface area contributed by atoms with Crippen LogP contribution in [0.25, 0.3) is 0 Å². The molecular weight excluding hydrogens is 276 g/mol. The van der Waals surface area contributed by atoms with Crippen LogP contribution in [0.3, 0.4) is 0 Å². The summed E-state index contributed by atoms with van der Waals surface area (Å²) in [6.07, 6.45) is 17.4. The normalized spacial score (nSPS) is 31.2. The first-order valence-corrected chi connectivity index (χ1v) is 10.1. The van der Waals surface area contributed by atoms with Crippen LogP contribution in [0, 0.1) is 11.8 Å². The first-order valence-electron chi connectivity index (χ1n) is 10.1. The number of benzene rings is 1. The summed E-state index contributed by atoms with van der Waals surface area (Å²) in [7, 11) is 0. The molecule has 2 unspecified atom stereocenters. The zero-order chi connectivity index (χ0) is 16.1. The standard InChI is InChI=1S/C23H34/c1-3-5-19-8-12-21(13-9-19)23-16-14-22(15-17-23)20-10-6-18(4-2)7-11-20/h8,12,14-21H,3-7,9-11,13H2,1-2H3. The van der Waals surface area contributed by atoms with Crippen molar-refractivity contribution in [3.05, 3.63) is 47.5 Å². The van der Waals surface area contributed by atoms with Crippen molar-refractivity contribution in [2.24, 2.45) is 11.8 Å². The van der Waals surface area contributed by atoms with Crippen LogP contribution in [0.1, 0.15) is 94.6 Å². The van der Waals surface area contributed by atoms with Gasteiger partial charge in [0, 0.05) is 5.92 Å². The lowest BCUT2D eigenvalue weighted by Crippen LogP contribution is -2.12. The van der Waals surface area contributed by atoms with Gasteiger partial charge in [0.15, 0.2) is 0 Å². The molecule has 1 aromatic carbocycles. The summed E-state index contributed by atoms with van der Waals surface area (Å²) in [5.74, 6) is 3.31. The summed E-state index contributed by atoms with van der Waals surface area (Å²) in [4.78, 5) is 0. The number of allylic oxidation sites excluding steroid dienone is 2. The van der Waals surface area contributed by atoms with Gasteiger partial charge >= 0.3 is 0 Å². The second-order valence-electron chi connectivity index (χ2n) is 7.91. The highest BCUT2D eigenvalue weighted by Crippen LogP contribution is 2.38. The summed E-state index contributed by atoms with van der Waals surface area (Å²) in [6, 6.07) is 9.68. The van der Waals surface area contributed by atoms with E-state index in [9.17, 15) is 0 Å². The van der Waals surface area contributed by atoms with Gasteiger partial charge in [-0.05, 0) is 73.8 Å². The van der Waals surface area contributed by atoms with E-state index in [0.29, 0.717) is 5.92 Å². The molecule has 2 aliphatic carbocycles. The van der Waals surface area contributed by atoms with E-state index in [1.807, 2.05) is 0 Å². The number of hydrogen-bond donors (Lipinski definition) is 0. The molecule has 1 aromatic rings. The molecule has 126 valence electrons. The summed E-state index contributed by atoms with van der Waals surface area (Å²) in [5, 5.41) is 0. The monoisotopic (exact) mass is 310 g/mol. The molecule has 0 heterocycles. The Bertz CT molecular complexity index is 487. The van der Waals surface area contributed by atoms with Crippen molar-refractivity contribution in [2.45, 2.75) is 83.5 Å². The minimum atomic E-state index is 0.660. The third-order valence-corrected chi connectivity index (χ3v) is 6.38. The molecule has 0 spiro atoms. The molecule has 0 nitrogen and oxygen atoms in total. The van der Waals surface area contributed by atoms with Gasteiger partial charge < -0.3 is 0 Å². The van der Waals surface area contributed by atoms with Crippen LogP contribution >= 0.6 is 0 Å². The Labute approximate surface area is 143 Å². The van der Waals surface area contributed by atoms with Crippen molar-refractivity contribution >= 4 is 0 Å². The summed E-state index contributed by atoms with van der Waals surface area (Å²) < 4.78 is 0.